The summed E-state index contributed by atoms with van der Waals surface area (Å²) in [4.78, 5) is 32.5. The van der Waals surface area contributed by atoms with Crippen molar-refractivity contribution in [3.8, 4) is 11.3 Å². The predicted molar refractivity (Wildman–Crippen MR) is 111 cm³/mol. The molecule has 2 bridgehead atoms. The first-order chi connectivity index (χ1) is 13.5. The molecule has 0 N–H and O–H groups in total. The number of carbonyl (C=O) groups is 2. The van der Waals surface area contributed by atoms with E-state index >= 15 is 0 Å². The molecule has 5 heteroatoms. The number of amides is 2. The number of nitrogens with zero attached hydrogens (tertiary/aromatic N) is 2. The van der Waals surface area contributed by atoms with Gasteiger partial charge in [-0.3, -0.25) is 9.59 Å². The molecule has 0 radical (unpaired) electrons. The number of anilines is 1. The van der Waals surface area contributed by atoms with Gasteiger partial charge in [0.05, 0.1) is 17.5 Å². The van der Waals surface area contributed by atoms with Crippen molar-refractivity contribution >= 4 is 28.3 Å². The van der Waals surface area contributed by atoms with Gasteiger partial charge in [0.2, 0.25) is 11.8 Å². The van der Waals surface area contributed by atoms with E-state index in [-0.39, 0.29) is 35.5 Å². The van der Waals surface area contributed by atoms with Crippen LogP contribution in [0.2, 0.25) is 0 Å². The summed E-state index contributed by atoms with van der Waals surface area (Å²) in [7, 11) is 0. The fourth-order valence-electron chi connectivity index (χ4n) is 5.59. The first-order valence-electron chi connectivity index (χ1n) is 10.1. The zero-order valence-corrected chi connectivity index (χ0v) is 17.3. The van der Waals surface area contributed by atoms with Gasteiger partial charge >= 0.3 is 0 Å². The van der Waals surface area contributed by atoms with Crippen molar-refractivity contribution in [3.63, 3.8) is 0 Å². The van der Waals surface area contributed by atoms with Crippen molar-refractivity contribution in [1.82, 2.24) is 4.98 Å². The molecule has 144 valence electrons. The Hall–Kier alpha value is -2.27. The Balaban J connectivity index is 1.46. The average Bonchev–Trinajstić information content (AvgIpc) is 3.44. The molecule has 5 rings (SSSR count). The Morgan fingerprint density at radius 2 is 1.68 bits per heavy atom. The van der Waals surface area contributed by atoms with E-state index in [0.29, 0.717) is 5.13 Å². The molecule has 4 atom stereocenters. The molecule has 2 amide bonds. The Labute approximate surface area is 169 Å². The van der Waals surface area contributed by atoms with Gasteiger partial charge in [0, 0.05) is 10.9 Å². The Morgan fingerprint density at radius 1 is 1.07 bits per heavy atom. The van der Waals surface area contributed by atoms with Crippen molar-refractivity contribution < 1.29 is 9.59 Å². The van der Waals surface area contributed by atoms with Crippen LogP contribution in [0, 0.1) is 23.7 Å². The standard InChI is InChI=1S/C23H24N2O2S/c1-4-13-5-7-14(8-6-13)17-11-28-23(24-17)25-21(26)19-15-9-10-16(18(15)12(2)3)20(19)22(25)27/h5-8,11,15-16,19-20H,4,9-10H2,1-3H3/t15-,16+,19+,20-. The first-order valence-corrected chi connectivity index (χ1v) is 11.0. The Morgan fingerprint density at radius 3 is 2.21 bits per heavy atom. The minimum absolute atomic E-state index is 0.0387. The van der Waals surface area contributed by atoms with E-state index in [9.17, 15) is 9.59 Å². The molecule has 4 nitrogen and oxygen atoms in total. The second-order valence-corrected chi connectivity index (χ2v) is 9.21. The number of thiazole rings is 1. The first kappa shape index (κ1) is 17.8. The Kier molecular flexibility index (Phi) is 4.05. The SMILES string of the molecule is CCc1ccc(-c2csc(N3C(=O)[C@@H]4[C@H](C3=O)[C@H]3CC[C@@H]4C3=C(C)C)n2)cc1. The van der Waals surface area contributed by atoms with E-state index < -0.39 is 0 Å². The molecule has 28 heavy (non-hydrogen) atoms. The normalized spacial score (nSPS) is 28.4. The van der Waals surface area contributed by atoms with Crippen molar-refractivity contribution in [3.05, 3.63) is 46.4 Å². The smallest absolute Gasteiger partial charge is 0.240 e. The molecule has 2 aromatic rings. The van der Waals surface area contributed by atoms with Crippen molar-refractivity contribution in [2.75, 3.05) is 4.90 Å². The Bertz CT molecular complexity index is 968. The average molecular weight is 393 g/mol. The van der Waals surface area contributed by atoms with E-state index in [4.69, 9.17) is 0 Å². The van der Waals surface area contributed by atoms with Crippen LogP contribution in [0.4, 0.5) is 5.13 Å². The van der Waals surface area contributed by atoms with Gasteiger partial charge in [-0.2, -0.15) is 0 Å². The van der Waals surface area contributed by atoms with E-state index in [0.717, 1.165) is 30.5 Å². The zero-order chi connectivity index (χ0) is 19.6. The van der Waals surface area contributed by atoms with Gasteiger partial charge in [-0.15, -0.1) is 11.3 Å². The predicted octanol–water partition coefficient (Wildman–Crippen LogP) is 4.85. The molecule has 2 heterocycles. The monoisotopic (exact) mass is 392 g/mol. The van der Waals surface area contributed by atoms with E-state index in [1.165, 1.54) is 32.9 Å². The molecular weight excluding hydrogens is 368 g/mol. The molecule has 1 aliphatic heterocycles. The van der Waals surface area contributed by atoms with E-state index in [1.54, 1.807) is 0 Å². The van der Waals surface area contributed by atoms with Crippen molar-refractivity contribution in [2.24, 2.45) is 23.7 Å². The van der Waals surface area contributed by atoms with Crippen LogP contribution in [-0.2, 0) is 16.0 Å². The fraction of sp³-hybridized carbons (Fsp3) is 0.435. The number of allylic oxidation sites excluding steroid dienone is 2. The largest absolute Gasteiger partial charge is 0.274 e. The lowest BCUT2D eigenvalue weighted by atomic mass is 9.81. The second kappa shape index (κ2) is 6.38. The minimum atomic E-state index is -0.174. The van der Waals surface area contributed by atoms with Crippen LogP contribution < -0.4 is 4.90 Å². The van der Waals surface area contributed by atoms with Crippen LogP contribution >= 0.6 is 11.3 Å². The lowest BCUT2D eigenvalue weighted by molar-refractivity contribution is -0.123. The molecule has 2 saturated carbocycles. The number of aromatic nitrogens is 1. The van der Waals surface area contributed by atoms with Crippen LogP contribution in [0.3, 0.4) is 0 Å². The number of imide groups is 1. The summed E-state index contributed by atoms with van der Waals surface area (Å²) < 4.78 is 0. The number of aryl methyl sites for hydroxylation is 1. The second-order valence-electron chi connectivity index (χ2n) is 8.37. The summed E-state index contributed by atoms with van der Waals surface area (Å²) in [5.41, 5.74) is 5.80. The lowest BCUT2D eigenvalue weighted by Crippen LogP contribution is -2.33. The van der Waals surface area contributed by atoms with Gasteiger partial charge in [0.15, 0.2) is 5.13 Å². The quantitative estimate of drug-likeness (QED) is 0.554. The molecular formula is C23H24N2O2S. The zero-order valence-electron chi connectivity index (χ0n) is 16.4. The molecule has 1 aromatic heterocycles. The molecule has 3 aliphatic rings. The van der Waals surface area contributed by atoms with Gasteiger partial charge < -0.3 is 0 Å². The summed E-state index contributed by atoms with van der Waals surface area (Å²) in [6.07, 6.45) is 3.07. The third-order valence-corrected chi connectivity index (χ3v) is 7.60. The molecule has 0 spiro atoms. The molecule has 1 saturated heterocycles. The topological polar surface area (TPSA) is 50.3 Å². The van der Waals surface area contributed by atoms with Gasteiger partial charge in [0.1, 0.15) is 0 Å². The van der Waals surface area contributed by atoms with E-state index in [1.807, 2.05) is 5.38 Å². The highest BCUT2D eigenvalue weighted by atomic mass is 32.1. The number of benzene rings is 1. The third kappa shape index (κ3) is 2.38. The van der Waals surface area contributed by atoms with Crippen LogP contribution in [0.25, 0.3) is 11.3 Å². The summed E-state index contributed by atoms with van der Waals surface area (Å²) in [5, 5.41) is 2.47. The number of rotatable bonds is 3. The summed E-state index contributed by atoms with van der Waals surface area (Å²) in [5.74, 6) is 0.0796. The van der Waals surface area contributed by atoms with Gasteiger partial charge in [0.25, 0.3) is 0 Å². The third-order valence-electron chi connectivity index (χ3n) is 6.77. The van der Waals surface area contributed by atoms with Crippen LogP contribution in [0.15, 0.2) is 40.8 Å². The summed E-state index contributed by atoms with van der Waals surface area (Å²) in [6.45, 7) is 6.36. The van der Waals surface area contributed by atoms with E-state index in [2.05, 4.69) is 50.0 Å². The van der Waals surface area contributed by atoms with Crippen LogP contribution in [-0.4, -0.2) is 16.8 Å². The highest BCUT2D eigenvalue weighted by Crippen LogP contribution is 2.60. The maximum atomic E-state index is 13.2. The van der Waals surface area contributed by atoms with Gasteiger partial charge in [-0.05, 0) is 50.5 Å². The maximum absolute atomic E-state index is 13.2. The number of hydrogen-bond acceptors (Lipinski definition) is 4. The molecule has 1 aromatic carbocycles. The van der Waals surface area contributed by atoms with Crippen molar-refractivity contribution in [1.29, 1.82) is 0 Å². The number of fused-ring (bicyclic) bond motifs is 5. The summed E-state index contributed by atoms with van der Waals surface area (Å²) in [6, 6.07) is 8.32. The van der Waals surface area contributed by atoms with Crippen molar-refractivity contribution in [2.45, 2.75) is 40.0 Å². The fourth-order valence-corrected chi connectivity index (χ4v) is 6.43. The molecule has 0 unspecified atom stereocenters. The number of hydrogen-bond donors (Lipinski definition) is 0. The molecule has 2 aliphatic carbocycles. The molecule has 3 fully saturated rings. The highest BCUT2D eigenvalue weighted by Gasteiger charge is 2.64. The highest BCUT2D eigenvalue weighted by molar-refractivity contribution is 7.14. The maximum Gasteiger partial charge on any atom is 0.240 e. The van der Waals surface area contributed by atoms with Crippen LogP contribution in [0.1, 0.15) is 39.2 Å². The number of carbonyl (C=O) groups excluding carboxylic acids is 2. The lowest BCUT2D eigenvalue weighted by Gasteiger charge is -2.18. The summed E-state index contributed by atoms with van der Waals surface area (Å²) >= 11 is 1.39. The minimum Gasteiger partial charge on any atom is -0.274 e. The van der Waals surface area contributed by atoms with Gasteiger partial charge in [-0.25, -0.2) is 9.88 Å². The van der Waals surface area contributed by atoms with Gasteiger partial charge in [-0.1, -0.05) is 42.3 Å². The van der Waals surface area contributed by atoms with Crippen LogP contribution in [0.5, 0.6) is 0 Å².